The van der Waals surface area contributed by atoms with E-state index in [1.54, 1.807) is 35.0 Å². The molecule has 6 rings (SSSR count). The van der Waals surface area contributed by atoms with E-state index in [9.17, 15) is 10.1 Å². The molecule has 0 fully saturated rings. The number of fused-ring (bicyclic) bond motifs is 2. The van der Waals surface area contributed by atoms with E-state index in [0.717, 1.165) is 23.6 Å². The van der Waals surface area contributed by atoms with Gasteiger partial charge in [0.25, 0.3) is 11.5 Å². The maximum Gasteiger partial charge on any atom is 0.300 e. The number of carboxylic acids is 1. The number of hydrogen-bond acceptors (Lipinski definition) is 6. The highest BCUT2D eigenvalue weighted by Crippen LogP contribution is 2.31. The molecule has 0 unspecified atom stereocenters. The van der Waals surface area contributed by atoms with Gasteiger partial charge >= 0.3 is 0 Å². The molecule has 0 saturated carbocycles. The number of H-pyrrole nitrogens is 1. The van der Waals surface area contributed by atoms with Gasteiger partial charge in [-0.25, -0.2) is 9.67 Å². The van der Waals surface area contributed by atoms with Crippen molar-refractivity contribution in [3.63, 3.8) is 0 Å². The summed E-state index contributed by atoms with van der Waals surface area (Å²) in [6.45, 7) is 1.08. The summed E-state index contributed by atoms with van der Waals surface area (Å²) in [5.74, 6) is -0.0661. The molecule has 0 amide bonds. The van der Waals surface area contributed by atoms with Gasteiger partial charge in [-0.1, -0.05) is 48.5 Å². The van der Waals surface area contributed by atoms with Gasteiger partial charge in [-0.3, -0.25) is 9.59 Å². The summed E-state index contributed by atoms with van der Waals surface area (Å²) in [5.41, 5.74) is 3.25. The fraction of sp³-hybridized carbons (Fsp3) is 0.0333. The van der Waals surface area contributed by atoms with E-state index in [1.165, 1.54) is 0 Å². The molecule has 3 aromatic carbocycles. The van der Waals surface area contributed by atoms with Crippen LogP contribution in [0.4, 0.5) is 0 Å². The Morgan fingerprint density at radius 2 is 1.74 bits per heavy atom. The lowest BCUT2D eigenvalue weighted by Gasteiger charge is -2.02. The maximum atomic E-state index is 12.6. The fourth-order valence-electron chi connectivity index (χ4n) is 4.02. The first-order valence-electron chi connectivity index (χ1n) is 11.9. The Hall–Kier alpha value is -5.75. The Balaban J connectivity index is 0.000000723. The minimum absolute atomic E-state index is 0.194. The normalized spacial score (nSPS) is 11.1. The molecule has 0 saturated heterocycles. The zero-order valence-corrected chi connectivity index (χ0v) is 20.7. The third kappa shape index (κ3) is 5.35. The van der Waals surface area contributed by atoms with Crippen LogP contribution >= 0.6 is 0 Å². The Bertz CT molecular complexity index is 1900. The van der Waals surface area contributed by atoms with Crippen LogP contribution in [-0.2, 0) is 4.79 Å². The fourth-order valence-corrected chi connectivity index (χ4v) is 4.02. The van der Waals surface area contributed by atoms with Crippen molar-refractivity contribution in [2.24, 2.45) is 0 Å². The molecule has 0 spiro atoms. The van der Waals surface area contributed by atoms with Gasteiger partial charge in [-0.2, -0.15) is 10.4 Å². The number of carboxylic acid groups (broad SMARTS) is 1. The standard InChI is InChI=1S/C28H17N5O2.C2H4O2/c29-16-19(27-30-23-12-6-5-11-22(23)28(34)31-27)14-20-17-33(21-9-2-1-3-10-21)32-26(20)25-15-18-8-4-7-13-24(18)35-25;1-2(3)4/h1-15,17H,(H,30,31,34);1H3,(H,3,4)/b19-14-;. The third-order valence-electron chi connectivity index (χ3n) is 5.71. The Kier molecular flexibility index (Phi) is 6.84. The molecule has 9 heteroatoms. The third-order valence-corrected chi connectivity index (χ3v) is 5.71. The molecule has 0 aliphatic heterocycles. The SMILES string of the molecule is CC(=O)O.N#C/C(=C/c1cn(-c2ccccc2)nc1-c1cc2ccccc2o1)c1nc2ccccc2c(=O)[nH]1. The van der Waals surface area contributed by atoms with Crippen molar-refractivity contribution >= 4 is 39.5 Å². The van der Waals surface area contributed by atoms with Gasteiger partial charge in [0.05, 0.1) is 22.2 Å². The molecule has 190 valence electrons. The first kappa shape index (κ1) is 24.9. The lowest BCUT2D eigenvalue weighted by atomic mass is 10.1. The highest BCUT2D eigenvalue weighted by atomic mass is 16.4. The molecular formula is C30H21N5O4. The van der Waals surface area contributed by atoms with Crippen LogP contribution in [0.3, 0.4) is 0 Å². The van der Waals surface area contributed by atoms with Crippen molar-refractivity contribution in [1.29, 1.82) is 5.26 Å². The lowest BCUT2D eigenvalue weighted by Crippen LogP contribution is -2.11. The molecule has 6 aromatic rings. The van der Waals surface area contributed by atoms with E-state index in [0.29, 0.717) is 27.9 Å². The summed E-state index contributed by atoms with van der Waals surface area (Å²) in [4.78, 5) is 28.8. The molecule has 39 heavy (non-hydrogen) atoms. The predicted molar refractivity (Wildman–Crippen MR) is 148 cm³/mol. The van der Waals surface area contributed by atoms with Crippen LogP contribution in [0.25, 0.3) is 50.7 Å². The van der Waals surface area contributed by atoms with E-state index in [1.807, 2.05) is 66.9 Å². The number of aromatic nitrogens is 4. The number of nitrogens with one attached hydrogen (secondary N) is 1. The molecule has 2 N–H and O–H groups in total. The van der Waals surface area contributed by atoms with Gasteiger partial charge in [0.1, 0.15) is 17.3 Å². The van der Waals surface area contributed by atoms with Gasteiger partial charge in [-0.15, -0.1) is 0 Å². The minimum atomic E-state index is -0.833. The number of carbonyl (C=O) groups is 1. The van der Waals surface area contributed by atoms with Gasteiger partial charge in [-0.05, 0) is 42.5 Å². The monoisotopic (exact) mass is 515 g/mol. The summed E-state index contributed by atoms with van der Waals surface area (Å²) in [6.07, 6.45) is 3.50. The number of hydrogen-bond donors (Lipinski definition) is 2. The number of benzene rings is 3. The van der Waals surface area contributed by atoms with Crippen molar-refractivity contribution < 1.29 is 14.3 Å². The molecule has 3 aromatic heterocycles. The molecule has 0 bridgehead atoms. The van der Waals surface area contributed by atoms with Crippen LogP contribution in [0, 0.1) is 11.3 Å². The Morgan fingerprint density at radius 1 is 1.05 bits per heavy atom. The van der Waals surface area contributed by atoms with Crippen LogP contribution in [-0.4, -0.2) is 30.8 Å². The smallest absolute Gasteiger partial charge is 0.300 e. The summed E-state index contributed by atoms with van der Waals surface area (Å²) < 4.78 is 7.82. The number of aromatic amines is 1. The van der Waals surface area contributed by atoms with Crippen LogP contribution in [0.1, 0.15) is 18.3 Å². The average molecular weight is 516 g/mol. The number of allylic oxidation sites excluding steroid dienone is 1. The van der Waals surface area contributed by atoms with Crippen LogP contribution in [0.15, 0.2) is 100 Å². The van der Waals surface area contributed by atoms with Crippen LogP contribution < -0.4 is 5.56 Å². The first-order valence-corrected chi connectivity index (χ1v) is 11.9. The van der Waals surface area contributed by atoms with Crippen molar-refractivity contribution in [3.8, 4) is 23.2 Å². The predicted octanol–water partition coefficient (Wildman–Crippen LogP) is 5.68. The van der Waals surface area contributed by atoms with Gasteiger partial charge < -0.3 is 14.5 Å². The summed E-state index contributed by atoms with van der Waals surface area (Å²) >= 11 is 0. The first-order chi connectivity index (χ1) is 18.9. The summed E-state index contributed by atoms with van der Waals surface area (Å²) in [5, 5.41) is 23.6. The lowest BCUT2D eigenvalue weighted by molar-refractivity contribution is -0.134. The number of furan rings is 1. The van der Waals surface area contributed by atoms with Crippen LogP contribution in [0.5, 0.6) is 0 Å². The molecule has 0 aliphatic rings. The van der Waals surface area contributed by atoms with Crippen molar-refractivity contribution in [3.05, 3.63) is 113 Å². The zero-order valence-electron chi connectivity index (χ0n) is 20.7. The van der Waals surface area contributed by atoms with Crippen molar-refractivity contribution in [2.75, 3.05) is 0 Å². The van der Waals surface area contributed by atoms with E-state index < -0.39 is 5.97 Å². The quantitative estimate of drug-likeness (QED) is 0.288. The summed E-state index contributed by atoms with van der Waals surface area (Å²) in [6, 6.07) is 28.5. The molecular weight excluding hydrogens is 494 g/mol. The number of aliphatic carboxylic acids is 1. The van der Waals surface area contributed by atoms with Crippen LogP contribution in [0.2, 0.25) is 0 Å². The van der Waals surface area contributed by atoms with Crippen molar-refractivity contribution in [1.82, 2.24) is 19.7 Å². The number of nitrogens with zero attached hydrogens (tertiary/aromatic N) is 4. The van der Waals surface area contributed by atoms with Gasteiger partial charge in [0.2, 0.25) is 0 Å². The molecule has 0 atom stereocenters. The second-order valence-corrected chi connectivity index (χ2v) is 8.48. The molecule has 0 radical (unpaired) electrons. The Morgan fingerprint density at radius 3 is 2.49 bits per heavy atom. The highest BCUT2D eigenvalue weighted by molar-refractivity contribution is 5.92. The van der Waals surface area contributed by atoms with E-state index in [4.69, 9.17) is 19.4 Å². The van der Waals surface area contributed by atoms with Crippen molar-refractivity contribution in [2.45, 2.75) is 6.92 Å². The second kappa shape index (κ2) is 10.7. The average Bonchev–Trinajstić information content (AvgIpc) is 3.56. The molecule has 9 nitrogen and oxygen atoms in total. The number of nitriles is 1. The highest BCUT2D eigenvalue weighted by Gasteiger charge is 2.17. The van der Waals surface area contributed by atoms with E-state index >= 15 is 0 Å². The summed E-state index contributed by atoms with van der Waals surface area (Å²) in [7, 11) is 0. The topological polar surface area (TPSA) is 138 Å². The van der Waals surface area contributed by atoms with E-state index in [-0.39, 0.29) is 17.0 Å². The van der Waals surface area contributed by atoms with E-state index in [2.05, 4.69) is 16.0 Å². The minimum Gasteiger partial charge on any atom is -0.481 e. The molecule has 3 heterocycles. The maximum absolute atomic E-state index is 12.6. The Labute approximate surface area is 221 Å². The number of rotatable bonds is 4. The van der Waals surface area contributed by atoms with Gasteiger partial charge in [0.15, 0.2) is 11.6 Å². The zero-order chi connectivity index (χ0) is 27.4. The number of para-hydroxylation sites is 3. The second-order valence-electron chi connectivity index (χ2n) is 8.48. The van der Waals surface area contributed by atoms with Gasteiger partial charge in [0, 0.05) is 24.1 Å². The largest absolute Gasteiger partial charge is 0.481 e. The molecule has 0 aliphatic carbocycles.